The first-order valence-electron chi connectivity index (χ1n) is 8.52. The number of likely N-dealkylation sites (tertiary alicyclic amines) is 1. The number of urea groups is 1. The van der Waals surface area contributed by atoms with E-state index in [1.807, 2.05) is 36.4 Å². The molecule has 2 aromatic rings. The van der Waals surface area contributed by atoms with Gasteiger partial charge in [-0.3, -0.25) is 14.9 Å². The van der Waals surface area contributed by atoms with Crippen molar-refractivity contribution in [2.45, 2.75) is 18.4 Å². The average molecular weight is 353 g/mol. The van der Waals surface area contributed by atoms with Crippen LogP contribution in [0.5, 0.6) is 5.75 Å². The first-order valence-corrected chi connectivity index (χ1v) is 8.52. The topological polar surface area (TPSA) is 87.7 Å². The van der Waals surface area contributed by atoms with E-state index in [0.29, 0.717) is 37.2 Å². The number of imide groups is 1. The molecule has 0 unspecified atom stereocenters. The van der Waals surface area contributed by atoms with Gasteiger partial charge in [-0.1, -0.05) is 24.3 Å². The minimum absolute atomic E-state index is 0.132. The zero-order valence-corrected chi connectivity index (χ0v) is 14.4. The number of methoxy groups -OCH3 is 1. The molecule has 0 bridgehead atoms. The number of nitrogens with zero attached hydrogens (tertiary/aromatic N) is 1. The summed E-state index contributed by atoms with van der Waals surface area (Å²) in [6, 6.07) is 11.0. The predicted octanol–water partition coefficient (Wildman–Crippen LogP) is 1.66. The molecule has 0 saturated carbocycles. The highest BCUT2D eigenvalue weighted by atomic mass is 16.5. The second-order valence-corrected chi connectivity index (χ2v) is 6.68. The lowest BCUT2D eigenvalue weighted by Gasteiger charge is -2.37. The van der Waals surface area contributed by atoms with Gasteiger partial charge in [-0.25, -0.2) is 4.79 Å². The van der Waals surface area contributed by atoms with Gasteiger partial charge >= 0.3 is 6.03 Å². The van der Waals surface area contributed by atoms with Crippen molar-refractivity contribution in [3.05, 3.63) is 42.0 Å². The first-order chi connectivity index (χ1) is 12.5. The van der Waals surface area contributed by atoms with E-state index in [4.69, 9.17) is 4.74 Å². The van der Waals surface area contributed by atoms with Gasteiger partial charge in [0.1, 0.15) is 11.3 Å². The maximum absolute atomic E-state index is 13.0. The van der Waals surface area contributed by atoms with Gasteiger partial charge in [0, 0.05) is 13.1 Å². The van der Waals surface area contributed by atoms with Gasteiger partial charge in [0.2, 0.25) is 0 Å². The standard InChI is InChI=1S/C19H19N3O4/c1-26-15-11-13-5-3-2-4-12(13)10-14(15)16(23)22-8-6-19(7-9-22)17(24)20-18(25)21-19/h2-5,10-11H,6-9H2,1H3,(H2,20,21,24,25). The molecule has 134 valence electrons. The lowest BCUT2D eigenvalue weighted by atomic mass is 9.87. The molecule has 2 aromatic carbocycles. The summed E-state index contributed by atoms with van der Waals surface area (Å²) in [5, 5.41) is 6.95. The third-order valence-electron chi connectivity index (χ3n) is 5.22. The second-order valence-electron chi connectivity index (χ2n) is 6.68. The molecule has 7 nitrogen and oxygen atoms in total. The summed E-state index contributed by atoms with van der Waals surface area (Å²) in [7, 11) is 1.55. The average Bonchev–Trinajstić information content (AvgIpc) is 2.93. The minimum Gasteiger partial charge on any atom is -0.496 e. The highest BCUT2D eigenvalue weighted by molar-refractivity contribution is 6.07. The number of ether oxygens (including phenoxy) is 1. The number of benzene rings is 2. The van der Waals surface area contributed by atoms with E-state index < -0.39 is 11.6 Å². The van der Waals surface area contributed by atoms with Crippen molar-refractivity contribution in [3.8, 4) is 5.75 Å². The molecule has 4 amide bonds. The zero-order valence-electron chi connectivity index (χ0n) is 14.4. The largest absolute Gasteiger partial charge is 0.496 e. The van der Waals surface area contributed by atoms with Crippen LogP contribution in [0.4, 0.5) is 4.79 Å². The van der Waals surface area contributed by atoms with E-state index in [-0.39, 0.29) is 11.8 Å². The quantitative estimate of drug-likeness (QED) is 0.804. The molecule has 2 N–H and O–H groups in total. The summed E-state index contributed by atoms with van der Waals surface area (Å²) in [5.41, 5.74) is -0.386. The Morgan fingerprint density at radius 1 is 1.12 bits per heavy atom. The van der Waals surface area contributed by atoms with Gasteiger partial charge in [-0.05, 0) is 35.7 Å². The predicted molar refractivity (Wildman–Crippen MR) is 95.0 cm³/mol. The molecule has 0 aliphatic carbocycles. The number of piperidine rings is 1. The van der Waals surface area contributed by atoms with Crippen LogP contribution in [-0.4, -0.2) is 48.5 Å². The number of amides is 4. The van der Waals surface area contributed by atoms with Gasteiger partial charge in [0.25, 0.3) is 11.8 Å². The fourth-order valence-corrected chi connectivity index (χ4v) is 3.70. The van der Waals surface area contributed by atoms with Crippen LogP contribution >= 0.6 is 0 Å². The van der Waals surface area contributed by atoms with Crippen molar-refractivity contribution in [3.63, 3.8) is 0 Å². The first kappa shape index (κ1) is 16.4. The van der Waals surface area contributed by atoms with E-state index in [9.17, 15) is 14.4 Å². The number of hydrogen-bond donors (Lipinski definition) is 2. The van der Waals surface area contributed by atoms with Crippen LogP contribution in [0.1, 0.15) is 23.2 Å². The highest BCUT2D eigenvalue weighted by Gasteiger charge is 2.48. The number of nitrogens with one attached hydrogen (secondary N) is 2. The second kappa shape index (κ2) is 6.01. The van der Waals surface area contributed by atoms with Crippen LogP contribution in [0, 0.1) is 0 Å². The van der Waals surface area contributed by atoms with Gasteiger partial charge in [-0.2, -0.15) is 0 Å². The maximum Gasteiger partial charge on any atom is 0.322 e. The van der Waals surface area contributed by atoms with Crippen molar-refractivity contribution in [2.24, 2.45) is 0 Å². The lowest BCUT2D eigenvalue weighted by molar-refractivity contribution is -0.125. The molecule has 26 heavy (non-hydrogen) atoms. The Labute approximate surface area is 150 Å². The molecule has 1 spiro atoms. The van der Waals surface area contributed by atoms with Crippen molar-refractivity contribution in [2.75, 3.05) is 20.2 Å². The van der Waals surface area contributed by atoms with Crippen LogP contribution in [-0.2, 0) is 4.79 Å². The molecule has 2 saturated heterocycles. The van der Waals surface area contributed by atoms with Gasteiger partial charge in [-0.15, -0.1) is 0 Å². The molecule has 0 aromatic heterocycles. The van der Waals surface area contributed by atoms with Gasteiger partial charge in [0.15, 0.2) is 0 Å². The molecule has 2 fully saturated rings. The Kier molecular flexibility index (Phi) is 3.79. The van der Waals surface area contributed by atoms with Gasteiger partial charge in [0.05, 0.1) is 12.7 Å². The Morgan fingerprint density at radius 2 is 1.77 bits per heavy atom. The third kappa shape index (κ3) is 2.56. The van der Waals surface area contributed by atoms with Gasteiger partial charge < -0.3 is 15.0 Å². The van der Waals surface area contributed by atoms with E-state index in [1.165, 1.54) is 0 Å². The lowest BCUT2D eigenvalue weighted by Crippen LogP contribution is -2.55. The number of carbonyl (C=O) groups excluding carboxylic acids is 3. The normalized spacial score (nSPS) is 18.7. The minimum atomic E-state index is -0.888. The Bertz CT molecular complexity index is 916. The molecule has 2 aliphatic rings. The fourth-order valence-electron chi connectivity index (χ4n) is 3.70. The van der Waals surface area contributed by atoms with Crippen molar-refractivity contribution < 1.29 is 19.1 Å². The van der Waals surface area contributed by atoms with E-state index in [0.717, 1.165) is 10.8 Å². The number of fused-ring (bicyclic) bond motifs is 1. The molecule has 4 rings (SSSR count). The smallest absolute Gasteiger partial charge is 0.322 e. The molecule has 7 heteroatoms. The van der Waals surface area contributed by atoms with Crippen molar-refractivity contribution >= 4 is 28.6 Å². The van der Waals surface area contributed by atoms with E-state index >= 15 is 0 Å². The number of rotatable bonds is 2. The maximum atomic E-state index is 13.0. The molecule has 2 aliphatic heterocycles. The zero-order chi connectivity index (χ0) is 18.3. The molecule has 2 heterocycles. The van der Waals surface area contributed by atoms with E-state index in [2.05, 4.69) is 10.6 Å². The third-order valence-corrected chi connectivity index (χ3v) is 5.22. The molecule has 0 atom stereocenters. The summed E-state index contributed by atoms with van der Waals surface area (Å²) in [5.74, 6) is 0.0889. The molecule has 0 radical (unpaired) electrons. The number of carbonyl (C=O) groups is 3. The van der Waals surface area contributed by atoms with Crippen molar-refractivity contribution in [1.29, 1.82) is 0 Å². The van der Waals surface area contributed by atoms with Crippen LogP contribution in [0.3, 0.4) is 0 Å². The Hall–Kier alpha value is -3.09. The van der Waals surface area contributed by atoms with Crippen molar-refractivity contribution in [1.82, 2.24) is 15.5 Å². The molecular weight excluding hydrogens is 334 g/mol. The Morgan fingerprint density at radius 3 is 2.35 bits per heavy atom. The Balaban J connectivity index is 1.58. The summed E-state index contributed by atoms with van der Waals surface area (Å²) in [6.07, 6.45) is 0.790. The summed E-state index contributed by atoms with van der Waals surface area (Å²) < 4.78 is 5.42. The fraction of sp³-hybridized carbons (Fsp3) is 0.316. The summed E-state index contributed by atoms with van der Waals surface area (Å²) in [6.45, 7) is 0.783. The monoisotopic (exact) mass is 353 g/mol. The molecular formula is C19H19N3O4. The summed E-state index contributed by atoms with van der Waals surface area (Å²) >= 11 is 0. The SMILES string of the molecule is COc1cc2ccccc2cc1C(=O)N1CCC2(CC1)NC(=O)NC2=O. The van der Waals surface area contributed by atoms with E-state index in [1.54, 1.807) is 12.0 Å². The number of hydrogen-bond acceptors (Lipinski definition) is 4. The van der Waals surface area contributed by atoms with Crippen LogP contribution in [0.15, 0.2) is 36.4 Å². The van der Waals surface area contributed by atoms with Crippen LogP contribution < -0.4 is 15.4 Å². The van der Waals surface area contributed by atoms with Crippen LogP contribution in [0.25, 0.3) is 10.8 Å². The summed E-state index contributed by atoms with van der Waals surface area (Å²) in [4.78, 5) is 38.2. The highest BCUT2D eigenvalue weighted by Crippen LogP contribution is 2.30. The van der Waals surface area contributed by atoms with Crippen LogP contribution in [0.2, 0.25) is 0 Å².